The molecule has 1 aromatic heterocycles. The number of carbonyl (C=O) groups excluding carboxylic acids is 1. The van der Waals surface area contributed by atoms with E-state index in [0.717, 1.165) is 5.56 Å². The van der Waals surface area contributed by atoms with Crippen LogP contribution in [0.2, 0.25) is 0 Å². The number of rotatable bonds is 6. The summed E-state index contributed by atoms with van der Waals surface area (Å²) in [6.07, 6.45) is 3.88. The third kappa shape index (κ3) is 4.98. The Kier molecular flexibility index (Phi) is 5.46. The van der Waals surface area contributed by atoms with Crippen LogP contribution in [0.4, 0.5) is 10.2 Å². The largest absolute Gasteiger partial charge is 0.365 e. The van der Waals surface area contributed by atoms with Gasteiger partial charge in [0.25, 0.3) is 5.91 Å². The lowest BCUT2D eigenvalue weighted by atomic mass is 10.1. The van der Waals surface area contributed by atoms with Crippen LogP contribution < -0.4 is 10.6 Å². The van der Waals surface area contributed by atoms with Gasteiger partial charge in [-0.1, -0.05) is 12.1 Å². The number of benzene rings is 1. The number of aromatic nitrogens is 2. The maximum atomic E-state index is 12.8. The van der Waals surface area contributed by atoms with E-state index in [1.54, 1.807) is 12.1 Å². The maximum Gasteiger partial charge on any atom is 0.271 e. The Morgan fingerprint density at radius 1 is 1.19 bits per heavy atom. The van der Waals surface area contributed by atoms with Crippen molar-refractivity contribution in [2.45, 2.75) is 18.9 Å². The topological polar surface area (TPSA) is 101 Å². The lowest BCUT2D eigenvalue weighted by Crippen LogP contribution is -2.27. The van der Waals surface area contributed by atoms with Gasteiger partial charge < -0.3 is 10.6 Å². The third-order valence-corrected chi connectivity index (χ3v) is 5.85. The van der Waals surface area contributed by atoms with Crippen molar-refractivity contribution in [3.8, 4) is 0 Å². The molecule has 0 radical (unpaired) electrons. The van der Waals surface area contributed by atoms with E-state index in [2.05, 4.69) is 20.6 Å². The van der Waals surface area contributed by atoms with Crippen molar-refractivity contribution >= 4 is 21.6 Å². The van der Waals surface area contributed by atoms with Crippen molar-refractivity contribution in [1.29, 1.82) is 0 Å². The monoisotopic (exact) mass is 378 g/mol. The molecule has 26 heavy (non-hydrogen) atoms. The lowest BCUT2D eigenvalue weighted by molar-refractivity contribution is 0.0949. The summed E-state index contributed by atoms with van der Waals surface area (Å²) in [7, 11) is -2.97. The predicted molar refractivity (Wildman–Crippen MR) is 95.2 cm³/mol. The smallest absolute Gasteiger partial charge is 0.271 e. The van der Waals surface area contributed by atoms with Crippen LogP contribution in [0.3, 0.4) is 0 Å². The number of anilines is 1. The molecule has 9 heteroatoms. The molecule has 0 spiro atoms. The highest BCUT2D eigenvalue weighted by Crippen LogP contribution is 2.15. The van der Waals surface area contributed by atoms with Crippen molar-refractivity contribution in [3.63, 3.8) is 0 Å². The van der Waals surface area contributed by atoms with Crippen LogP contribution in [0.15, 0.2) is 36.7 Å². The molecule has 0 bridgehead atoms. The Balaban J connectivity index is 1.48. The second-order valence-electron chi connectivity index (χ2n) is 6.16. The fourth-order valence-electron chi connectivity index (χ4n) is 2.70. The van der Waals surface area contributed by atoms with E-state index in [1.807, 2.05) is 0 Å². The summed E-state index contributed by atoms with van der Waals surface area (Å²) >= 11 is 0. The van der Waals surface area contributed by atoms with E-state index in [9.17, 15) is 17.6 Å². The number of amides is 1. The Bertz CT molecular complexity index is 870. The van der Waals surface area contributed by atoms with Gasteiger partial charge in [-0.3, -0.25) is 4.79 Å². The summed E-state index contributed by atoms with van der Waals surface area (Å²) in [4.78, 5) is 20.2. The van der Waals surface area contributed by atoms with Gasteiger partial charge in [-0.25, -0.2) is 22.8 Å². The first-order chi connectivity index (χ1) is 12.4. The summed E-state index contributed by atoms with van der Waals surface area (Å²) in [5.41, 5.74) is 1.09. The number of nitrogens with zero attached hydrogens (tertiary/aromatic N) is 2. The van der Waals surface area contributed by atoms with Crippen LogP contribution in [-0.2, 0) is 16.3 Å². The molecule has 1 atom stereocenters. The Labute approximate surface area is 151 Å². The average molecular weight is 378 g/mol. The predicted octanol–water partition coefficient (Wildman–Crippen LogP) is 1.19. The number of carbonyl (C=O) groups is 1. The minimum atomic E-state index is -2.97. The first-order valence-corrected chi connectivity index (χ1v) is 10.0. The molecule has 7 nitrogen and oxygen atoms in total. The zero-order valence-electron chi connectivity index (χ0n) is 14.0. The van der Waals surface area contributed by atoms with Gasteiger partial charge in [0, 0.05) is 12.6 Å². The molecule has 1 aliphatic rings. The number of hydrogen-bond donors (Lipinski definition) is 2. The number of sulfone groups is 1. The highest BCUT2D eigenvalue weighted by atomic mass is 32.2. The van der Waals surface area contributed by atoms with Crippen LogP contribution in [0.5, 0.6) is 0 Å². The minimum Gasteiger partial charge on any atom is -0.365 e. The zero-order chi connectivity index (χ0) is 18.6. The van der Waals surface area contributed by atoms with Gasteiger partial charge in [-0.15, -0.1) is 0 Å². The molecule has 1 amide bonds. The molecule has 1 saturated heterocycles. The van der Waals surface area contributed by atoms with Crippen LogP contribution in [-0.4, -0.2) is 48.4 Å². The van der Waals surface area contributed by atoms with Gasteiger partial charge in [0.1, 0.15) is 17.3 Å². The summed E-state index contributed by atoms with van der Waals surface area (Å²) in [6.45, 7) is 0.395. The van der Waals surface area contributed by atoms with E-state index in [-0.39, 0.29) is 35.0 Å². The molecule has 1 fully saturated rings. The van der Waals surface area contributed by atoms with Gasteiger partial charge in [0.15, 0.2) is 9.84 Å². The van der Waals surface area contributed by atoms with Crippen molar-refractivity contribution < 1.29 is 17.6 Å². The van der Waals surface area contributed by atoms with Crippen molar-refractivity contribution in [2.75, 3.05) is 23.4 Å². The van der Waals surface area contributed by atoms with Crippen LogP contribution in [0.1, 0.15) is 22.5 Å². The van der Waals surface area contributed by atoms with Gasteiger partial charge in [0.05, 0.1) is 23.9 Å². The number of hydrogen-bond acceptors (Lipinski definition) is 6. The second kappa shape index (κ2) is 7.77. The van der Waals surface area contributed by atoms with Crippen LogP contribution >= 0.6 is 0 Å². The minimum absolute atomic E-state index is 0.0836. The lowest BCUT2D eigenvalue weighted by Gasteiger charge is -2.11. The van der Waals surface area contributed by atoms with E-state index < -0.39 is 9.84 Å². The molecule has 2 heterocycles. The van der Waals surface area contributed by atoms with Crippen LogP contribution in [0, 0.1) is 5.82 Å². The molecule has 2 aromatic rings. The fourth-order valence-corrected chi connectivity index (χ4v) is 4.37. The van der Waals surface area contributed by atoms with Crippen molar-refractivity contribution in [2.24, 2.45) is 0 Å². The number of halogens is 1. The van der Waals surface area contributed by atoms with Crippen LogP contribution in [0.25, 0.3) is 0 Å². The molecule has 0 saturated carbocycles. The maximum absolute atomic E-state index is 12.8. The molecule has 138 valence electrons. The summed E-state index contributed by atoms with van der Waals surface area (Å²) in [5, 5.41) is 5.75. The summed E-state index contributed by atoms with van der Waals surface area (Å²) in [6, 6.07) is 5.92. The molecule has 1 unspecified atom stereocenters. The highest BCUT2D eigenvalue weighted by molar-refractivity contribution is 7.91. The normalized spacial score (nSPS) is 18.4. The molecular formula is C17H19FN4O3S. The third-order valence-electron chi connectivity index (χ3n) is 4.08. The first kappa shape index (κ1) is 18.2. The van der Waals surface area contributed by atoms with E-state index >= 15 is 0 Å². The summed E-state index contributed by atoms with van der Waals surface area (Å²) in [5.74, 6) is 0.0500. The molecular weight excluding hydrogens is 359 g/mol. The summed E-state index contributed by atoms with van der Waals surface area (Å²) < 4.78 is 35.7. The number of nitrogens with one attached hydrogen (secondary N) is 2. The standard InChI is InChI=1S/C17H19FN4O3S/c18-13-3-1-12(2-4-13)5-7-19-17(23)15-9-21-16(10-20-15)22-14-6-8-26(24,25)11-14/h1-4,9-10,14H,5-8,11H2,(H,19,23)(H,21,22). The molecule has 0 aliphatic carbocycles. The Hall–Kier alpha value is -2.55. The fraction of sp³-hybridized carbons (Fsp3) is 0.353. The molecule has 2 N–H and O–H groups in total. The quantitative estimate of drug-likeness (QED) is 0.783. The van der Waals surface area contributed by atoms with Gasteiger partial charge in [-0.05, 0) is 30.5 Å². The van der Waals surface area contributed by atoms with Crippen molar-refractivity contribution in [3.05, 3.63) is 53.7 Å². The second-order valence-corrected chi connectivity index (χ2v) is 8.39. The van der Waals surface area contributed by atoms with E-state index in [0.29, 0.717) is 25.2 Å². The van der Waals surface area contributed by atoms with Gasteiger partial charge in [-0.2, -0.15) is 0 Å². The SMILES string of the molecule is O=C(NCCc1ccc(F)cc1)c1cnc(NC2CCS(=O)(=O)C2)cn1. The molecule has 3 rings (SSSR count). The van der Waals surface area contributed by atoms with Crippen molar-refractivity contribution in [1.82, 2.24) is 15.3 Å². The zero-order valence-corrected chi connectivity index (χ0v) is 14.8. The van der Waals surface area contributed by atoms with E-state index in [1.165, 1.54) is 24.5 Å². The molecule has 1 aliphatic heterocycles. The molecule has 1 aromatic carbocycles. The Morgan fingerprint density at radius 2 is 1.96 bits per heavy atom. The highest BCUT2D eigenvalue weighted by Gasteiger charge is 2.27. The average Bonchev–Trinajstić information content (AvgIpc) is 2.96. The first-order valence-electron chi connectivity index (χ1n) is 8.23. The van der Waals surface area contributed by atoms with Gasteiger partial charge >= 0.3 is 0 Å². The Morgan fingerprint density at radius 3 is 2.58 bits per heavy atom. The van der Waals surface area contributed by atoms with Gasteiger partial charge in [0.2, 0.25) is 0 Å². The van der Waals surface area contributed by atoms with E-state index in [4.69, 9.17) is 0 Å².